The lowest BCUT2D eigenvalue weighted by atomic mass is 10.0. The first-order valence-corrected chi connectivity index (χ1v) is 9.95. The maximum Gasteiger partial charge on any atom is 0.191 e. The fourth-order valence-corrected chi connectivity index (χ4v) is 4.28. The molecule has 1 aromatic rings. The molecule has 0 saturated carbocycles. The molecule has 1 aromatic carbocycles. The first kappa shape index (κ1) is 17.5. The van der Waals surface area contributed by atoms with Crippen LogP contribution in [-0.2, 0) is 6.54 Å². The maximum absolute atomic E-state index is 13.4. The number of rotatable bonds is 5. The highest BCUT2D eigenvalue weighted by molar-refractivity contribution is 7.99. The van der Waals surface area contributed by atoms with Gasteiger partial charge in [-0.3, -0.25) is 4.99 Å². The molecule has 0 radical (unpaired) electrons. The second kappa shape index (κ2) is 9.30. The Hall–Kier alpha value is -0.880. The molecular formula is C16H24FN3S2. The van der Waals surface area contributed by atoms with Gasteiger partial charge in [0.25, 0.3) is 0 Å². The predicted octanol–water partition coefficient (Wildman–Crippen LogP) is 3.36. The highest BCUT2D eigenvalue weighted by atomic mass is 32.2. The lowest BCUT2D eigenvalue weighted by Crippen LogP contribution is -2.40. The summed E-state index contributed by atoms with van der Waals surface area (Å²) < 4.78 is 13.4. The van der Waals surface area contributed by atoms with Gasteiger partial charge in [-0.05, 0) is 60.3 Å². The molecule has 1 aliphatic rings. The van der Waals surface area contributed by atoms with Gasteiger partial charge in [0.15, 0.2) is 5.96 Å². The third-order valence-corrected chi connectivity index (χ3v) is 5.70. The van der Waals surface area contributed by atoms with E-state index in [1.807, 2.05) is 24.1 Å². The quantitative estimate of drug-likeness (QED) is 0.489. The molecule has 6 heteroatoms. The van der Waals surface area contributed by atoms with Crippen LogP contribution >= 0.6 is 23.5 Å². The number of nitrogens with one attached hydrogen (secondary N) is 2. The number of hydrogen-bond donors (Lipinski definition) is 2. The van der Waals surface area contributed by atoms with Crippen LogP contribution in [0.4, 0.5) is 4.39 Å². The standard InChI is InChI=1S/C16H24FN3S2/c1-18-16(19-10-12-5-7-22-8-6-12)20-11-13-9-14(17)3-4-15(13)21-2/h3-4,9,12H,5-8,10-11H2,1-2H3,(H2,18,19,20). The maximum atomic E-state index is 13.4. The third-order valence-electron chi connectivity index (χ3n) is 3.81. The highest BCUT2D eigenvalue weighted by Gasteiger charge is 2.14. The van der Waals surface area contributed by atoms with Crippen LogP contribution in [0, 0.1) is 11.7 Å². The lowest BCUT2D eigenvalue weighted by molar-refractivity contribution is 0.479. The minimum absolute atomic E-state index is 0.197. The molecular weight excluding hydrogens is 317 g/mol. The van der Waals surface area contributed by atoms with Crippen LogP contribution in [0.2, 0.25) is 0 Å². The Balaban J connectivity index is 1.84. The van der Waals surface area contributed by atoms with E-state index < -0.39 is 0 Å². The summed E-state index contributed by atoms with van der Waals surface area (Å²) >= 11 is 3.67. The molecule has 122 valence electrons. The summed E-state index contributed by atoms with van der Waals surface area (Å²) in [5, 5.41) is 6.67. The number of halogens is 1. The summed E-state index contributed by atoms with van der Waals surface area (Å²) in [4.78, 5) is 5.35. The molecule has 0 spiro atoms. The van der Waals surface area contributed by atoms with E-state index in [9.17, 15) is 4.39 Å². The average molecular weight is 342 g/mol. The van der Waals surface area contributed by atoms with E-state index >= 15 is 0 Å². The molecule has 0 unspecified atom stereocenters. The number of aliphatic imine (C=N–C) groups is 1. The molecule has 0 amide bonds. The molecule has 1 aliphatic heterocycles. The van der Waals surface area contributed by atoms with Crippen molar-refractivity contribution in [3.8, 4) is 0 Å². The molecule has 2 rings (SSSR count). The summed E-state index contributed by atoms with van der Waals surface area (Å²) in [7, 11) is 1.77. The topological polar surface area (TPSA) is 36.4 Å². The molecule has 1 heterocycles. The molecule has 22 heavy (non-hydrogen) atoms. The van der Waals surface area contributed by atoms with Crippen molar-refractivity contribution in [2.75, 3.05) is 31.4 Å². The Kier molecular flexibility index (Phi) is 7.39. The van der Waals surface area contributed by atoms with Crippen molar-refractivity contribution >= 4 is 29.5 Å². The molecule has 2 N–H and O–H groups in total. The smallest absolute Gasteiger partial charge is 0.191 e. The van der Waals surface area contributed by atoms with Gasteiger partial charge >= 0.3 is 0 Å². The Bertz CT molecular complexity index is 502. The van der Waals surface area contributed by atoms with Crippen molar-refractivity contribution in [1.29, 1.82) is 0 Å². The second-order valence-corrected chi connectivity index (χ2v) is 7.39. The van der Waals surface area contributed by atoms with Crippen molar-refractivity contribution in [3.63, 3.8) is 0 Å². The normalized spacial score (nSPS) is 16.6. The highest BCUT2D eigenvalue weighted by Crippen LogP contribution is 2.22. The molecule has 0 atom stereocenters. The summed E-state index contributed by atoms with van der Waals surface area (Å²) in [5.74, 6) is 3.85. The average Bonchev–Trinajstić information content (AvgIpc) is 2.56. The minimum Gasteiger partial charge on any atom is -0.356 e. The fraction of sp³-hybridized carbons (Fsp3) is 0.562. The van der Waals surface area contributed by atoms with Crippen LogP contribution < -0.4 is 10.6 Å². The van der Waals surface area contributed by atoms with Gasteiger partial charge in [0.05, 0.1) is 0 Å². The molecule has 0 aromatic heterocycles. The van der Waals surface area contributed by atoms with Gasteiger partial charge in [0, 0.05) is 25.0 Å². The zero-order valence-electron chi connectivity index (χ0n) is 13.2. The summed E-state index contributed by atoms with van der Waals surface area (Å²) in [6, 6.07) is 4.92. The SMILES string of the molecule is CN=C(NCc1cc(F)ccc1SC)NCC1CCSCC1. The van der Waals surface area contributed by atoms with Crippen molar-refractivity contribution in [2.45, 2.75) is 24.3 Å². The lowest BCUT2D eigenvalue weighted by Gasteiger charge is -2.22. The fourth-order valence-electron chi connectivity index (χ4n) is 2.48. The van der Waals surface area contributed by atoms with E-state index in [4.69, 9.17) is 0 Å². The van der Waals surface area contributed by atoms with Crippen molar-refractivity contribution < 1.29 is 4.39 Å². The van der Waals surface area contributed by atoms with Crippen LogP contribution in [0.3, 0.4) is 0 Å². The van der Waals surface area contributed by atoms with Crippen molar-refractivity contribution in [1.82, 2.24) is 10.6 Å². The van der Waals surface area contributed by atoms with Gasteiger partial charge in [-0.25, -0.2) is 4.39 Å². The van der Waals surface area contributed by atoms with Gasteiger partial charge in [0.1, 0.15) is 5.82 Å². The van der Waals surface area contributed by atoms with E-state index in [2.05, 4.69) is 15.6 Å². The molecule has 3 nitrogen and oxygen atoms in total. The van der Waals surface area contributed by atoms with Crippen LogP contribution in [-0.4, -0.2) is 37.3 Å². The van der Waals surface area contributed by atoms with E-state index in [1.165, 1.54) is 30.4 Å². The van der Waals surface area contributed by atoms with Gasteiger partial charge in [-0.1, -0.05) is 0 Å². The minimum atomic E-state index is -0.197. The number of thioether (sulfide) groups is 2. The third kappa shape index (κ3) is 5.39. The van der Waals surface area contributed by atoms with Gasteiger partial charge in [0.2, 0.25) is 0 Å². The first-order valence-electron chi connectivity index (χ1n) is 7.57. The molecule has 0 aliphatic carbocycles. The van der Waals surface area contributed by atoms with E-state index in [-0.39, 0.29) is 5.82 Å². The van der Waals surface area contributed by atoms with Crippen LogP contribution in [0.1, 0.15) is 18.4 Å². The zero-order valence-corrected chi connectivity index (χ0v) is 14.8. The Labute approximate surface area is 140 Å². The monoisotopic (exact) mass is 341 g/mol. The number of guanidine groups is 1. The Morgan fingerprint density at radius 1 is 1.36 bits per heavy atom. The van der Waals surface area contributed by atoms with Gasteiger partial charge in [-0.15, -0.1) is 11.8 Å². The van der Waals surface area contributed by atoms with Gasteiger partial charge < -0.3 is 10.6 Å². The van der Waals surface area contributed by atoms with Gasteiger partial charge in [-0.2, -0.15) is 11.8 Å². The predicted molar refractivity (Wildman–Crippen MR) is 96.4 cm³/mol. The van der Waals surface area contributed by atoms with E-state index in [0.29, 0.717) is 6.54 Å². The summed E-state index contributed by atoms with van der Waals surface area (Å²) in [6.07, 6.45) is 4.55. The van der Waals surface area contributed by atoms with E-state index in [1.54, 1.807) is 24.9 Å². The van der Waals surface area contributed by atoms with Crippen molar-refractivity contribution in [2.24, 2.45) is 10.9 Å². The number of benzene rings is 1. The van der Waals surface area contributed by atoms with E-state index in [0.717, 1.165) is 28.9 Å². The Morgan fingerprint density at radius 3 is 2.82 bits per heavy atom. The first-order chi connectivity index (χ1) is 10.7. The molecule has 1 saturated heterocycles. The van der Waals surface area contributed by atoms with Crippen LogP contribution in [0.15, 0.2) is 28.1 Å². The van der Waals surface area contributed by atoms with Crippen molar-refractivity contribution in [3.05, 3.63) is 29.6 Å². The zero-order chi connectivity index (χ0) is 15.8. The Morgan fingerprint density at radius 2 is 2.14 bits per heavy atom. The second-order valence-electron chi connectivity index (χ2n) is 5.32. The largest absolute Gasteiger partial charge is 0.356 e. The molecule has 1 fully saturated rings. The summed E-state index contributed by atoms with van der Waals surface area (Å²) in [6.45, 7) is 1.53. The van der Waals surface area contributed by atoms with Crippen LogP contribution in [0.5, 0.6) is 0 Å². The number of hydrogen-bond acceptors (Lipinski definition) is 3. The number of nitrogens with zero attached hydrogens (tertiary/aromatic N) is 1. The molecule has 0 bridgehead atoms. The summed E-state index contributed by atoms with van der Waals surface area (Å²) in [5.41, 5.74) is 0.963. The van der Waals surface area contributed by atoms with Crippen LogP contribution in [0.25, 0.3) is 0 Å².